The van der Waals surface area contributed by atoms with E-state index in [2.05, 4.69) is 10.1 Å². The van der Waals surface area contributed by atoms with Gasteiger partial charge in [-0.3, -0.25) is 14.4 Å². The number of carbonyl (C=O) groups is 4. The van der Waals surface area contributed by atoms with Gasteiger partial charge in [0.2, 0.25) is 5.91 Å². The molecule has 1 heterocycles. The molecule has 3 atom stereocenters. The van der Waals surface area contributed by atoms with Crippen LogP contribution in [0.15, 0.2) is 30.3 Å². The Kier molecular flexibility index (Phi) is 5.97. The third-order valence-electron chi connectivity index (χ3n) is 4.67. The van der Waals surface area contributed by atoms with Gasteiger partial charge < -0.3 is 19.5 Å². The maximum atomic E-state index is 12.8. The van der Waals surface area contributed by atoms with Gasteiger partial charge in [-0.15, -0.1) is 0 Å². The molecule has 2 rings (SSSR count). The molecule has 1 amide bonds. The summed E-state index contributed by atoms with van der Waals surface area (Å²) in [5.41, 5.74) is -1.06. The van der Waals surface area contributed by atoms with Crippen LogP contribution in [0.4, 0.5) is 0 Å². The predicted octanol–water partition coefficient (Wildman–Crippen LogP) is 0.239. The van der Waals surface area contributed by atoms with Crippen molar-refractivity contribution in [2.75, 3.05) is 21.3 Å². The van der Waals surface area contributed by atoms with Gasteiger partial charge in [0.05, 0.1) is 27.8 Å². The van der Waals surface area contributed by atoms with Crippen LogP contribution in [0.1, 0.15) is 12.0 Å². The number of hydrogen-bond donors (Lipinski definition) is 1. The van der Waals surface area contributed by atoms with Gasteiger partial charge in [-0.1, -0.05) is 30.3 Å². The van der Waals surface area contributed by atoms with E-state index in [0.717, 1.165) is 7.11 Å². The molecule has 0 spiro atoms. The number of nitrogens with one attached hydrogen (secondary N) is 1. The topological polar surface area (TPSA) is 108 Å². The maximum absolute atomic E-state index is 12.8. The first-order valence-corrected chi connectivity index (χ1v) is 7.98. The molecule has 0 unspecified atom stereocenters. The largest absolute Gasteiger partial charge is 0.469 e. The molecule has 0 bridgehead atoms. The summed E-state index contributed by atoms with van der Waals surface area (Å²) >= 11 is 0. The Morgan fingerprint density at radius 3 is 2.23 bits per heavy atom. The maximum Gasteiger partial charge on any atom is 0.328 e. The number of carbonyl (C=O) groups excluding carboxylic acids is 4. The molecule has 1 saturated heterocycles. The predicted molar refractivity (Wildman–Crippen MR) is 88.7 cm³/mol. The highest BCUT2D eigenvalue weighted by atomic mass is 16.5. The number of hydrogen-bond acceptors (Lipinski definition) is 7. The lowest BCUT2D eigenvalue weighted by Crippen LogP contribution is -2.47. The van der Waals surface area contributed by atoms with Crippen molar-refractivity contribution in [3.8, 4) is 0 Å². The van der Waals surface area contributed by atoms with Crippen LogP contribution >= 0.6 is 0 Å². The molecule has 1 N–H and O–H groups in total. The second kappa shape index (κ2) is 7.99. The van der Waals surface area contributed by atoms with E-state index < -0.39 is 41.2 Å². The molecule has 1 aliphatic heterocycles. The summed E-state index contributed by atoms with van der Waals surface area (Å²) in [6, 6.07) is 7.67. The molecule has 8 nitrogen and oxygen atoms in total. The fraction of sp³-hybridized carbons (Fsp3) is 0.444. The monoisotopic (exact) mass is 363 g/mol. The van der Waals surface area contributed by atoms with E-state index in [0.29, 0.717) is 5.56 Å². The van der Waals surface area contributed by atoms with Crippen LogP contribution < -0.4 is 5.32 Å². The minimum Gasteiger partial charge on any atom is -0.469 e. The average molecular weight is 363 g/mol. The molecule has 0 aromatic heterocycles. The molecule has 26 heavy (non-hydrogen) atoms. The second-order valence-electron chi connectivity index (χ2n) is 5.99. The van der Waals surface area contributed by atoms with Gasteiger partial charge in [0.25, 0.3) is 0 Å². The fourth-order valence-corrected chi connectivity index (χ4v) is 3.36. The summed E-state index contributed by atoms with van der Waals surface area (Å²) in [7, 11) is 3.51. The number of esters is 3. The van der Waals surface area contributed by atoms with E-state index in [4.69, 9.17) is 9.47 Å². The SMILES string of the molecule is COC(=O)C[C@@H]1[C@@H](C(=O)OC)NC(=O)[C@]1(Cc1ccccc1)C(=O)OC. The first-order chi connectivity index (χ1) is 12.4. The Bertz CT molecular complexity index is 703. The summed E-state index contributed by atoms with van der Waals surface area (Å²) in [6.07, 6.45) is -0.349. The quantitative estimate of drug-likeness (QED) is 0.438. The highest BCUT2D eigenvalue weighted by molar-refractivity contribution is 6.08. The van der Waals surface area contributed by atoms with E-state index in [9.17, 15) is 19.2 Å². The van der Waals surface area contributed by atoms with Gasteiger partial charge in [0.15, 0.2) is 5.41 Å². The molecule has 0 radical (unpaired) electrons. The second-order valence-corrected chi connectivity index (χ2v) is 5.99. The number of benzene rings is 1. The lowest BCUT2D eigenvalue weighted by Gasteiger charge is -2.30. The van der Waals surface area contributed by atoms with E-state index >= 15 is 0 Å². The van der Waals surface area contributed by atoms with Crippen LogP contribution in [-0.4, -0.2) is 51.2 Å². The minimum atomic E-state index is -1.75. The van der Waals surface area contributed by atoms with Gasteiger partial charge in [-0.2, -0.15) is 0 Å². The Morgan fingerprint density at radius 1 is 1.04 bits per heavy atom. The van der Waals surface area contributed by atoms with E-state index in [1.54, 1.807) is 30.3 Å². The van der Waals surface area contributed by atoms with E-state index in [1.807, 2.05) is 0 Å². The van der Waals surface area contributed by atoms with Gasteiger partial charge >= 0.3 is 17.9 Å². The molecule has 1 aliphatic rings. The van der Waals surface area contributed by atoms with Gasteiger partial charge in [0, 0.05) is 5.92 Å². The Balaban J connectivity index is 2.55. The smallest absolute Gasteiger partial charge is 0.328 e. The molecular formula is C18H21NO7. The third-order valence-corrected chi connectivity index (χ3v) is 4.67. The van der Waals surface area contributed by atoms with Crippen LogP contribution in [0.25, 0.3) is 0 Å². The normalized spacial score (nSPS) is 24.5. The van der Waals surface area contributed by atoms with Crippen molar-refractivity contribution < 1.29 is 33.4 Å². The molecule has 1 fully saturated rings. The van der Waals surface area contributed by atoms with Crippen molar-refractivity contribution in [1.29, 1.82) is 0 Å². The van der Waals surface area contributed by atoms with E-state index in [-0.39, 0.29) is 12.8 Å². The standard InChI is InChI=1S/C18H21NO7/c1-24-13(20)9-12-14(15(21)25-2)19-16(22)18(12,17(23)26-3)10-11-7-5-4-6-8-11/h4-8,12,14H,9-10H2,1-3H3,(H,19,22)/t12-,14+,18-/m1/s1. The van der Waals surface area contributed by atoms with Gasteiger partial charge in [-0.25, -0.2) is 4.79 Å². The molecule has 1 aromatic carbocycles. The molecule has 1 aromatic rings. The van der Waals surface area contributed by atoms with Crippen LogP contribution in [0.2, 0.25) is 0 Å². The summed E-state index contributed by atoms with van der Waals surface area (Å²) in [4.78, 5) is 49.6. The van der Waals surface area contributed by atoms with E-state index in [1.165, 1.54) is 14.2 Å². The summed E-state index contributed by atoms with van der Waals surface area (Å²) in [6.45, 7) is 0. The molecular weight excluding hydrogens is 342 g/mol. The van der Waals surface area contributed by atoms with Crippen molar-refractivity contribution in [3.05, 3.63) is 35.9 Å². The van der Waals surface area contributed by atoms with Crippen LogP contribution in [0.5, 0.6) is 0 Å². The van der Waals surface area contributed by atoms with Gasteiger partial charge in [-0.05, 0) is 12.0 Å². The Labute approximate surface area is 150 Å². The van der Waals surface area contributed by atoms with Crippen LogP contribution in [0.3, 0.4) is 0 Å². The molecule has 0 saturated carbocycles. The van der Waals surface area contributed by atoms with Crippen molar-refractivity contribution >= 4 is 23.8 Å². The third kappa shape index (κ3) is 3.40. The molecule has 8 heteroatoms. The van der Waals surface area contributed by atoms with Crippen molar-refractivity contribution in [2.24, 2.45) is 11.3 Å². The number of amides is 1. The zero-order chi connectivity index (χ0) is 19.3. The van der Waals surface area contributed by atoms with Crippen molar-refractivity contribution in [3.63, 3.8) is 0 Å². The zero-order valence-electron chi connectivity index (χ0n) is 14.8. The minimum absolute atomic E-state index is 0.0263. The first kappa shape index (κ1) is 19.4. The Morgan fingerprint density at radius 2 is 1.69 bits per heavy atom. The first-order valence-electron chi connectivity index (χ1n) is 7.98. The van der Waals surface area contributed by atoms with Gasteiger partial charge in [0.1, 0.15) is 6.04 Å². The highest BCUT2D eigenvalue weighted by Crippen LogP contribution is 2.43. The number of methoxy groups -OCH3 is 3. The van der Waals surface area contributed by atoms with Crippen LogP contribution in [-0.2, 0) is 39.8 Å². The lowest BCUT2D eigenvalue weighted by molar-refractivity contribution is -0.161. The zero-order valence-corrected chi connectivity index (χ0v) is 14.8. The highest BCUT2D eigenvalue weighted by Gasteiger charge is 2.63. The van der Waals surface area contributed by atoms with Crippen LogP contribution in [0, 0.1) is 11.3 Å². The Hall–Kier alpha value is -2.90. The summed E-state index contributed by atoms with van der Waals surface area (Å²) in [5, 5.41) is 2.49. The van der Waals surface area contributed by atoms with Crippen molar-refractivity contribution in [2.45, 2.75) is 18.9 Å². The fourth-order valence-electron chi connectivity index (χ4n) is 3.36. The van der Waals surface area contributed by atoms with Crippen molar-refractivity contribution in [1.82, 2.24) is 5.32 Å². The average Bonchev–Trinajstić information content (AvgIpc) is 2.94. The summed E-state index contributed by atoms with van der Waals surface area (Å²) in [5.74, 6) is -3.91. The number of ether oxygens (including phenoxy) is 3. The number of rotatable bonds is 6. The lowest BCUT2D eigenvalue weighted by atomic mass is 9.69. The summed E-state index contributed by atoms with van der Waals surface area (Å²) < 4.78 is 14.3. The molecule has 0 aliphatic carbocycles. The molecule has 140 valence electrons.